The molecule has 0 unspecified atom stereocenters. The first-order chi connectivity index (χ1) is 11.0. The number of thiazole rings is 1. The number of nitrogens with two attached hydrogens (primary N) is 2. The van der Waals surface area contributed by atoms with Crippen LogP contribution in [0.15, 0.2) is 23.7 Å². The van der Waals surface area contributed by atoms with Gasteiger partial charge in [0.15, 0.2) is 0 Å². The number of rotatable bonds is 7. The van der Waals surface area contributed by atoms with Gasteiger partial charge in [-0.1, -0.05) is 13.8 Å². The predicted molar refractivity (Wildman–Crippen MR) is 94.3 cm³/mol. The summed E-state index contributed by atoms with van der Waals surface area (Å²) in [7, 11) is 0. The van der Waals surface area contributed by atoms with E-state index in [9.17, 15) is 4.79 Å². The normalized spacial score (nSPS) is 12.4. The zero-order valence-corrected chi connectivity index (χ0v) is 14.3. The largest absolute Gasteiger partial charge is 0.330 e. The zero-order chi connectivity index (χ0) is 16.8. The van der Waals surface area contributed by atoms with Gasteiger partial charge in [-0.15, -0.1) is 11.3 Å². The number of amides is 1. The van der Waals surface area contributed by atoms with Gasteiger partial charge in [0.2, 0.25) is 5.91 Å². The van der Waals surface area contributed by atoms with E-state index in [2.05, 4.69) is 29.1 Å². The van der Waals surface area contributed by atoms with Crippen molar-refractivity contribution in [3.05, 3.63) is 29.4 Å². The first kappa shape index (κ1) is 17.5. The molecule has 6 nitrogen and oxygen atoms in total. The van der Waals surface area contributed by atoms with Crippen molar-refractivity contribution in [1.29, 1.82) is 0 Å². The average molecular weight is 333 g/mol. The van der Waals surface area contributed by atoms with Gasteiger partial charge in [0.05, 0.1) is 6.04 Å². The van der Waals surface area contributed by atoms with Gasteiger partial charge in [-0.3, -0.25) is 9.78 Å². The van der Waals surface area contributed by atoms with Gasteiger partial charge in [0.25, 0.3) is 0 Å². The van der Waals surface area contributed by atoms with E-state index < -0.39 is 6.04 Å². The van der Waals surface area contributed by atoms with Crippen LogP contribution in [0.3, 0.4) is 0 Å². The topological polar surface area (TPSA) is 107 Å². The first-order valence-corrected chi connectivity index (χ1v) is 8.57. The van der Waals surface area contributed by atoms with Gasteiger partial charge >= 0.3 is 0 Å². The van der Waals surface area contributed by atoms with Gasteiger partial charge in [-0.25, -0.2) is 4.98 Å². The molecule has 0 bridgehead atoms. The van der Waals surface area contributed by atoms with Crippen LogP contribution in [0, 0.1) is 0 Å². The van der Waals surface area contributed by atoms with Gasteiger partial charge in [0.1, 0.15) is 10.8 Å². The van der Waals surface area contributed by atoms with Crippen molar-refractivity contribution in [2.45, 2.75) is 38.6 Å². The van der Waals surface area contributed by atoms with Crippen LogP contribution in [-0.4, -0.2) is 28.5 Å². The number of nitrogens with zero attached hydrogens (tertiary/aromatic N) is 2. The van der Waals surface area contributed by atoms with Crippen molar-refractivity contribution in [3.63, 3.8) is 0 Å². The number of hydrogen-bond acceptors (Lipinski definition) is 6. The number of carbonyl (C=O) groups is 1. The van der Waals surface area contributed by atoms with Crippen molar-refractivity contribution in [2.75, 3.05) is 11.9 Å². The molecule has 0 aromatic carbocycles. The van der Waals surface area contributed by atoms with E-state index >= 15 is 0 Å². The van der Waals surface area contributed by atoms with Crippen molar-refractivity contribution in [2.24, 2.45) is 11.5 Å². The number of carbonyl (C=O) groups excluding carboxylic acids is 1. The Morgan fingerprint density at radius 1 is 1.39 bits per heavy atom. The number of hydrogen-bond donors (Lipinski definition) is 3. The van der Waals surface area contributed by atoms with Crippen LogP contribution in [0.2, 0.25) is 0 Å². The lowest BCUT2D eigenvalue weighted by molar-refractivity contribution is -0.117. The summed E-state index contributed by atoms with van der Waals surface area (Å²) in [4.78, 5) is 20.8. The van der Waals surface area contributed by atoms with Crippen LogP contribution in [0.5, 0.6) is 0 Å². The molecule has 0 radical (unpaired) electrons. The first-order valence-electron chi connectivity index (χ1n) is 7.69. The summed E-state index contributed by atoms with van der Waals surface area (Å²) in [6.45, 7) is 4.74. The van der Waals surface area contributed by atoms with Gasteiger partial charge in [-0.2, -0.15) is 0 Å². The molecule has 0 saturated carbocycles. The Kier molecular flexibility index (Phi) is 6.20. The minimum absolute atomic E-state index is 0.233. The summed E-state index contributed by atoms with van der Waals surface area (Å²) in [6, 6.07) is 3.44. The Balaban J connectivity index is 2.01. The highest BCUT2D eigenvalue weighted by atomic mass is 32.1. The van der Waals surface area contributed by atoms with E-state index in [1.165, 1.54) is 11.3 Å². The maximum absolute atomic E-state index is 12.0. The fourth-order valence-corrected chi connectivity index (χ4v) is 2.77. The highest BCUT2D eigenvalue weighted by Gasteiger charge is 2.15. The van der Waals surface area contributed by atoms with E-state index in [4.69, 9.17) is 11.5 Å². The molecule has 1 amide bonds. The quantitative estimate of drug-likeness (QED) is 0.721. The predicted octanol–water partition coefficient (Wildman–Crippen LogP) is 2.33. The molecule has 2 aromatic rings. The van der Waals surface area contributed by atoms with E-state index in [0.29, 0.717) is 24.7 Å². The molecule has 2 rings (SSSR count). The SMILES string of the molecule is CC(C)c1ccc(-c2nc(NC(=O)[C@@H](N)CCCN)cs2)cn1. The third-order valence-corrected chi connectivity index (χ3v) is 4.33. The van der Waals surface area contributed by atoms with E-state index in [1.807, 2.05) is 18.3 Å². The number of aromatic nitrogens is 2. The van der Waals surface area contributed by atoms with Gasteiger partial charge in [0, 0.05) is 22.8 Å². The summed E-state index contributed by atoms with van der Waals surface area (Å²) in [5, 5.41) is 5.37. The number of anilines is 1. The Morgan fingerprint density at radius 2 is 2.17 bits per heavy atom. The second-order valence-corrected chi connectivity index (χ2v) is 6.55. The summed E-state index contributed by atoms with van der Waals surface area (Å²) in [5.41, 5.74) is 13.2. The molecule has 0 aliphatic heterocycles. The molecule has 0 saturated heterocycles. The fourth-order valence-electron chi connectivity index (χ4n) is 2.02. The number of pyridine rings is 1. The summed E-state index contributed by atoms with van der Waals surface area (Å²) < 4.78 is 0. The molecule has 0 aliphatic rings. The lowest BCUT2D eigenvalue weighted by Crippen LogP contribution is -2.36. The average Bonchev–Trinajstić information content (AvgIpc) is 3.01. The molecule has 5 N–H and O–H groups in total. The Morgan fingerprint density at radius 3 is 2.78 bits per heavy atom. The maximum Gasteiger partial charge on any atom is 0.242 e. The van der Waals surface area contributed by atoms with Crippen LogP contribution in [0.1, 0.15) is 38.3 Å². The van der Waals surface area contributed by atoms with Gasteiger partial charge in [-0.05, 0) is 37.4 Å². The summed E-state index contributed by atoms with van der Waals surface area (Å²) in [5.74, 6) is 0.680. The third kappa shape index (κ3) is 4.82. The molecular weight excluding hydrogens is 310 g/mol. The molecule has 0 aliphatic carbocycles. The van der Waals surface area contributed by atoms with Crippen LogP contribution in [0.25, 0.3) is 10.6 Å². The Hall–Kier alpha value is -1.83. The van der Waals surface area contributed by atoms with Crippen LogP contribution < -0.4 is 16.8 Å². The van der Waals surface area contributed by atoms with Crippen molar-refractivity contribution < 1.29 is 4.79 Å². The van der Waals surface area contributed by atoms with Crippen LogP contribution >= 0.6 is 11.3 Å². The Bertz CT molecular complexity index is 638. The van der Waals surface area contributed by atoms with E-state index in [1.54, 1.807) is 5.38 Å². The van der Waals surface area contributed by atoms with Crippen molar-refractivity contribution in [1.82, 2.24) is 9.97 Å². The Labute approximate surface area is 140 Å². The highest BCUT2D eigenvalue weighted by molar-refractivity contribution is 7.13. The molecule has 2 heterocycles. The van der Waals surface area contributed by atoms with Crippen LogP contribution in [0.4, 0.5) is 5.82 Å². The minimum atomic E-state index is -0.560. The van der Waals surface area contributed by atoms with Gasteiger partial charge < -0.3 is 16.8 Å². The smallest absolute Gasteiger partial charge is 0.242 e. The molecule has 23 heavy (non-hydrogen) atoms. The van der Waals surface area contributed by atoms with E-state index in [0.717, 1.165) is 22.7 Å². The lowest BCUT2D eigenvalue weighted by atomic mass is 10.1. The maximum atomic E-state index is 12.0. The minimum Gasteiger partial charge on any atom is -0.330 e. The van der Waals surface area contributed by atoms with Crippen molar-refractivity contribution in [3.8, 4) is 10.6 Å². The second-order valence-electron chi connectivity index (χ2n) is 5.69. The molecular formula is C16H23N5OS. The zero-order valence-electron chi connectivity index (χ0n) is 13.5. The van der Waals surface area contributed by atoms with E-state index in [-0.39, 0.29) is 5.91 Å². The summed E-state index contributed by atoms with van der Waals surface area (Å²) >= 11 is 1.46. The molecule has 0 spiro atoms. The molecule has 124 valence electrons. The monoisotopic (exact) mass is 333 g/mol. The summed E-state index contributed by atoms with van der Waals surface area (Å²) in [6.07, 6.45) is 3.11. The molecule has 2 aromatic heterocycles. The standard InChI is InChI=1S/C16H23N5OS/c1-10(2)13-6-5-11(8-19-13)16-21-14(9-23-16)20-15(22)12(18)4-3-7-17/h5-6,8-10,12H,3-4,7,17-18H2,1-2H3,(H,20,22)/t12-/m0/s1. The number of nitrogens with one attached hydrogen (secondary N) is 1. The van der Waals surface area contributed by atoms with Crippen molar-refractivity contribution >= 4 is 23.1 Å². The highest BCUT2D eigenvalue weighted by Crippen LogP contribution is 2.26. The second kappa shape index (κ2) is 8.14. The lowest BCUT2D eigenvalue weighted by Gasteiger charge is -2.09. The fraction of sp³-hybridized carbons (Fsp3) is 0.438. The molecule has 0 fully saturated rings. The van der Waals surface area contributed by atoms with Crippen LogP contribution in [-0.2, 0) is 4.79 Å². The molecule has 7 heteroatoms. The third-order valence-electron chi connectivity index (χ3n) is 3.44. The molecule has 1 atom stereocenters.